The highest BCUT2D eigenvalue weighted by Crippen LogP contribution is 2.40. The summed E-state index contributed by atoms with van der Waals surface area (Å²) in [4.78, 5) is 0. The summed E-state index contributed by atoms with van der Waals surface area (Å²) >= 11 is 1.80. The fourth-order valence-electron chi connectivity index (χ4n) is 1.55. The summed E-state index contributed by atoms with van der Waals surface area (Å²) in [5.74, 6) is 2.67. The molecule has 4 heteroatoms. The zero-order valence-electron chi connectivity index (χ0n) is 8.86. The third-order valence-corrected chi connectivity index (χ3v) is 3.41. The van der Waals surface area contributed by atoms with Crippen LogP contribution in [0.15, 0.2) is 18.2 Å². The van der Waals surface area contributed by atoms with E-state index in [9.17, 15) is 0 Å². The van der Waals surface area contributed by atoms with Crippen LogP contribution in [0, 0.1) is 0 Å². The molecule has 0 saturated carbocycles. The topological polar surface area (TPSA) is 27.7 Å². The van der Waals surface area contributed by atoms with Crippen molar-refractivity contribution < 1.29 is 14.2 Å². The second-order valence-electron chi connectivity index (χ2n) is 3.18. The lowest BCUT2D eigenvalue weighted by molar-refractivity contribution is 0.142. The fraction of sp³-hybridized carbons (Fsp3) is 0.455. The predicted molar refractivity (Wildman–Crippen MR) is 60.7 cm³/mol. The largest absolute Gasteiger partial charge is 0.497 e. The quantitative estimate of drug-likeness (QED) is 0.791. The minimum Gasteiger partial charge on any atom is -0.497 e. The normalized spacial score (nSPS) is 20.3. The van der Waals surface area contributed by atoms with Gasteiger partial charge >= 0.3 is 0 Å². The highest BCUT2D eigenvalue weighted by atomic mass is 32.2. The second kappa shape index (κ2) is 4.77. The van der Waals surface area contributed by atoms with Crippen LogP contribution in [0.25, 0.3) is 0 Å². The van der Waals surface area contributed by atoms with Crippen molar-refractivity contribution in [1.82, 2.24) is 0 Å². The summed E-state index contributed by atoms with van der Waals surface area (Å²) in [5.41, 5.74) is 1.19. The minimum atomic E-state index is 0.103. The molecule has 0 aliphatic carbocycles. The molecule has 0 aromatic heterocycles. The lowest BCUT2D eigenvalue weighted by atomic mass is 10.2. The Balaban J connectivity index is 2.29. The molecule has 2 rings (SSSR count). The van der Waals surface area contributed by atoms with Gasteiger partial charge in [-0.2, -0.15) is 0 Å². The number of hydrogen-bond donors (Lipinski definition) is 0. The smallest absolute Gasteiger partial charge is 0.132 e. The van der Waals surface area contributed by atoms with Crippen molar-refractivity contribution in [2.24, 2.45) is 0 Å². The van der Waals surface area contributed by atoms with E-state index in [-0.39, 0.29) is 5.44 Å². The number of rotatable bonds is 3. The van der Waals surface area contributed by atoms with Crippen molar-refractivity contribution in [1.29, 1.82) is 0 Å². The maximum atomic E-state index is 5.60. The van der Waals surface area contributed by atoms with Gasteiger partial charge in [0.15, 0.2) is 0 Å². The van der Waals surface area contributed by atoms with Gasteiger partial charge in [-0.15, -0.1) is 11.8 Å². The lowest BCUT2D eigenvalue weighted by Crippen LogP contribution is -1.98. The van der Waals surface area contributed by atoms with E-state index in [0.717, 1.165) is 29.4 Å². The Morgan fingerprint density at radius 1 is 1.33 bits per heavy atom. The second-order valence-corrected chi connectivity index (χ2v) is 4.35. The van der Waals surface area contributed by atoms with Crippen molar-refractivity contribution >= 4 is 11.8 Å². The van der Waals surface area contributed by atoms with Crippen LogP contribution in [0.3, 0.4) is 0 Å². The number of hydrogen-bond acceptors (Lipinski definition) is 4. The molecule has 15 heavy (non-hydrogen) atoms. The molecule has 1 saturated heterocycles. The molecule has 1 aromatic carbocycles. The monoisotopic (exact) mass is 226 g/mol. The van der Waals surface area contributed by atoms with Gasteiger partial charge in [0.05, 0.1) is 20.8 Å². The van der Waals surface area contributed by atoms with Crippen LogP contribution in [-0.2, 0) is 4.74 Å². The molecule has 0 bridgehead atoms. The van der Waals surface area contributed by atoms with Gasteiger partial charge < -0.3 is 14.2 Å². The molecule has 1 fully saturated rings. The molecular weight excluding hydrogens is 212 g/mol. The summed E-state index contributed by atoms with van der Waals surface area (Å²) in [7, 11) is 3.31. The van der Waals surface area contributed by atoms with Gasteiger partial charge in [-0.3, -0.25) is 0 Å². The summed E-state index contributed by atoms with van der Waals surface area (Å²) in [5, 5.41) is 0. The van der Waals surface area contributed by atoms with Gasteiger partial charge in [0, 0.05) is 17.4 Å². The van der Waals surface area contributed by atoms with Crippen LogP contribution in [0.4, 0.5) is 0 Å². The molecule has 0 amide bonds. The lowest BCUT2D eigenvalue weighted by Gasteiger charge is -2.14. The summed E-state index contributed by atoms with van der Waals surface area (Å²) in [6.45, 7) is 0.810. The molecule has 0 radical (unpaired) electrons. The maximum absolute atomic E-state index is 5.60. The average Bonchev–Trinajstić information content (AvgIpc) is 2.81. The predicted octanol–water partition coefficient (Wildman–Crippen LogP) is 2.47. The Labute approximate surface area is 93.7 Å². The van der Waals surface area contributed by atoms with Gasteiger partial charge in [0.2, 0.25) is 0 Å². The van der Waals surface area contributed by atoms with Gasteiger partial charge in [0.1, 0.15) is 16.9 Å². The Morgan fingerprint density at radius 3 is 2.80 bits per heavy atom. The molecule has 1 aliphatic heterocycles. The number of ether oxygens (including phenoxy) is 3. The first-order chi connectivity index (χ1) is 7.35. The third-order valence-electron chi connectivity index (χ3n) is 2.32. The maximum Gasteiger partial charge on any atom is 0.132 e. The van der Waals surface area contributed by atoms with E-state index in [0.29, 0.717) is 0 Å². The van der Waals surface area contributed by atoms with E-state index in [1.807, 2.05) is 18.2 Å². The fourth-order valence-corrected chi connectivity index (χ4v) is 2.52. The van der Waals surface area contributed by atoms with Gasteiger partial charge in [0.25, 0.3) is 0 Å². The molecule has 1 aliphatic rings. The molecular formula is C11H14O3S. The molecule has 82 valence electrons. The Morgan fingerprint density at radius 2 is 2.20 bits per heavy atom. The van der Waals surface area contributed by atoms with E-state index in [1.54, 1.807) is 26.0 Å². The Kier molecular flexibility index (Phi) is 3.38. The molecule has 0 spiro atoms. The SMILES string of the molecule is COc1ccc(C2OCCS2)c(OC)c1. The van der Waals surface area contributed by atoms with E-state index >= 15 is 0 Å². The van der Waals surface area contributed by atoms with E-state index in [1.165, 1.54) is 0 Å². The first kappa shape index (κ1) is 10.6. The first-order valence-electron chi connectivity index (χ1n) is 4.80. The van der Waals surface area contributed by atoms with Crippen molar-refractivity contribution in [3.63, 3.8) is 0 Å². The van der Waals surface area contributed by atoms with Crippen LogP contribution in [0.1, 0.15) is 11.0 Å². The average molecular weight is 226 g/mol. The zero-order chi connectivity index (χ0) is 10.7. The molecule has 1 heterocycles. The minimum absolute atomic E-state index is 0.103. The van der Waals surface area contributed by atoms with Gasteiger partial charge in [-0.25, -0.2) is 0 Å². The highest BCUT2D eigenvalue weighted by Gasteiger charge is 2.22. The number of benzene rings is 1. The van der Waals surface area contributed by atoms with Crippen LogP contribution in [0.5, 0.6) is 11.5 Å². The molecule has 1 aromatic rings. The summed E-state index contributed by atoms with van der Waals surface area (Å²) in [6, 6.07) is 5.82. The summed E-state index contributed by atoms with van der Waals surface area (Å²) < 4.78 is 16.1. The molecule has 3 nitrogen and oxygen atoms in total. The van der Waals surface area contributed by atoms with Crippen molar-refractivity contribution in [2.75, 3.05) is 26.6 Å². The van der Waals surface area contributed by atoms with E-state index in [4.69, 9.17) is 14.2 Å². The van der Waals surface area contributed by atoms with E-state index in [2.05, 4.69) is 0 Å². The molecule has 1 atom stereocenters. The van der Waals surface area contributed by atoms with Gasteiger partial charge in [-0.05, 0) is 12.1 Å². The first-order valence-corrected chi connectivity index (χ1v) is 5.85. The van der Waals surface area contributed by atoms with Crippen LogP contribution < -0.4 is 9.47 Å². The Bertz CT molecular complexity index is 335. The van der Waals surface area contributed by atoms with Crippen LogP contribution >= 0.6 is 11.8 Å². The number of thioether (sulfide) groups is 1. The standard InChI is InChI=1S/C11H14O3S/c1-12-8-3-4-9(10(7-8)13-2)11-14-5-6-15-11/h3-4,7,11H,5-6H2,1-2H3. The van der Waals surface area contributed by atoms with Gasteiger partial charge in [-0.1, -0.05) is 0 Å². The van der Waals surface area contributed by atoms with Crippen LogP contribution in [0.2, 0.25) is 0 Å². The molecule has 1 unspecified atom stereocenters. The van der Waals surface area contributed by atoms with Crippen molar-refractivity contribution in [3.8, 4) is 11.5 Å². The summed E-state index contributed by atoms with van der Waals surface area (Å²) in [6.07, 6.45) is 0. The van der Waals surface area contributed by atoms with Crippen LogP contribution in [-0.4, -0.2) is 26.6 Å². The zero-order valence-corrected chi connectivity index (χ0v) is 9.67. The Hall–Kier alpha value is -0.870. The van der Waals surface area contributed by atoms with Crippen molar-refractivity contribution in [2.45, 2.75) is 5.44 Å². The van der Waals surface area contributed by atoms with E-state index < -0.39 is 0 Å². The number of methoxy groups -OCH3 is 2. The highest BCUT2D eigenvalue weighted by molar-refractivity contribution is 7.99. The van der Waals surface area contributed by atoms with Crippen molar-refractivity contribution in [3.05, 3.63) is 23.8 Å². The third kappa shape index (κ3) is 2.21. The molecule has 0 N–H and O–H groups in total.